The van der Waals surface area contributed by atoms with Crippen molar-refractivity contribution in [1.29, 1.82) is 0 Å². The Morgan fingerprint density at radius 2 is 2.10 bits per heavy atom. The molecule has 1 aromatic rings. The number of hydrogen-bond acceptors (Lipinski definition) is 6. The average molecular weight is 313 g/mol. The average Bonchev–Trinajstić information content (AvgIpc) is 2.46. The molecule has 1 aliphatic rings. The van der Waals surface area contributed by atoms with E-state index in [0.717, 1.165) is 32.6 Å². The van der Waals surface area contributed by atoms with E-state index in [4.69, 9.17) is 10.5 Å². The molecular weight excluding hydrogens is 290 g/mol. The van der Waals surface area contributed by atoms with Gasteiger partial charge in [0.25, 0.3) is 0 Å². The van der Waals surface area contributed by atoms with Gasteiger partial charge in [0.1, 0.15) is 5.82 Å². The second kappa shape index (κ2) is 6.62. The zero-order chi connectivity index (χ0) is 15.5. The Bertz CT molecular complexity index is 581. The highest BCUT2D eigenvalue weighted by molar-refractivity contribution is 7.92. The highest BCUT2D eigenvalue weighted by Gasteiger charge is 2.21. The molecule has 0 radical (unpaired) electrons. The Kier molecular flexibility index (Phi) is 5.05. The first-order chi connectivity index (χ1) is 9.91. The van der Waals surface area contributed by atoms with Crippen molar-refractivity contribution in [3.63, 3.8) is 0 Å². The molecule has 0 saturated carbocycles. The zero-order valence-electron chi connectivity index (χ0n) is 12.5. The van der Waals surface area contributed by atoms with Crippen LogP contribution in [-0.4, -0.2) is 38.4 Å². The van der Waals surface area contributed by atoms with Crippen molar-refractivity contribution in [1.82, 2.24) is 4.98 Å². The number of pyridine rings is 1. The Labute approximate surface area is 126 Å². The number of anilines is 2. The first-order valence-corrected chi connectivity index (χ1v) is 8.77. The summed E-state index contributed by atoms with van der Waals surface area (Å²) in [5, 5.41) is 2.72. The fourth-order valence-electron chi connectivity index (χ4n) is 2.23. The Morgan fingerprint density at radius 1 is 1.43 bits per heavy atom. The second-order valence-electron chi connectivity index (χ2n) is 5.64. The molecule has 0 amide bonds. The molecule has 1 aliphatic heterocycles. The maximum atomic E-state index is 12.1. The fourth-order valence-corrected chi connectivity index (χ4v) is 3.26. The van der Waals surface area contributed by atoms with E-state index < -0.39 is 15.1 Å². The van der Waals surface area contributed by atoms with Crippen molar-refractivity contribution in [2.75, 3.05) is 30.8 Å². The number of hydrogen-bond donors (Lipinski definition) is 2. The van der Waals surface area contributed by atoms with Gasteiger partial charge in [-0.3, -0.25) is 0 Å². The largest absolute Gasteiger partial charge is 0.396 e. The van der Waals surface area contributed by atoms with Gasteiger partial charge in [0.05, 0.1) is 15.8 Å². The van der Waals surface area contributed by atoms with Crippen LogP contribution in [0.15, 0.2) is 17.2 Å². The van der Waals surface area contributed by atoms with E-state index in [9.17, 15) is 8.42 Å². The number of nitrogens with zero attached hydrogens (tertiary/aromatic N) is 1. The summed E-state index contributed by atoms with van der Waals surface area (Å²) >= 11 is 0. The number of aromatic nitrogens is 1. The molecule has 2 heterocycles. The summed E-state index contributed by atoms with van der Waals surface area (Å²) in [6, 6.07) is 1.48. The predicted octanol–water partition coefficient (Wildman–Crippen LogP) is 1.68. The maximum Gasteiger partial charge on any atom is 0.182 e. The van der Waals surface area contributed by atoms with Gasteiger partial charge < -0.3 is 15.8 Å². The summed E-state index contributed by atoms with van der Waals surface area (Å²) in [4.78, 5) is 4.34. The summed E-state index contributed by atoms with van der Waals surface area (Å²) in [5.74, 6) is 1.09. The molecule has 6 nitrogen and oxygen atoms in total. The van der Waals surface area contributed by atoms with Crippen molar-refractivity contribution in [3.8, 4) is 0 Å². The highest BCUT2D eigenvalue weighted by Crippen LogP contribution is 2.23. The van der Waals surface area contributed by atoms with Crippen LogP contribution >= 0.6 is 0 Å². The van der Waals surface area contributed by atoms with E-state index in [1.807, 2.05) is 0 Å². The minimum absolute atomic E-state index is 0.173. The van der Waals surface area contributed by atoms with Crippen LogP contribution in [0.3, 0.4) is 0 Å². The molecule has 0 aliphatic carbocycles. The zero-order valence-corrected chi connectivity index (χ0v) is 13.3. The van der Waals surface area contributed by atoms with Crippen LogP contribution in [0.5, 0.6) is 0 Å². The third-order valence-corrected chi connectivity index (χ3v) is 5.86. The maximum absolute atomic E-state index is 12.1. The molecule has 3 N–H and O–H groups in total. The molecule has 0 unspecified atom stereocenters. The van der Waals surface area contributed by atoms with Crippen LogP contribution in [0.4, 0.5) is 11.5 Å². The summed E-state index contributed by atoms with van der Waals surface area (Å²) in [6.45, 7) is 5.64. The Hall–Kier alpha value is -1.34. The highest BCUT2D eigenvalue weighted by atomic mass is 32.2. The van der Waals surface area contributed by atoms with Gasteiger partial charge in [-0.15, -0.1) is 0 Å². The van der Waals surface area contributed by atoms with Crippen LogP contribution in [0, 0.1) is 5.92 Å². The van der Waals surface area contributed by atoms with Crippen LogP contribution in [-0.2, 0) is 14.6 Å². The summed E-state index contributed by atoms with van der Waals surface area (Å²) in [5.41, 5.74) is 6.28. The van der Waals surface area contributed by atoms with E-state index >= 15 is 0 Å². The molecule has 0 aromatic carbocycles. The van der Waals surface area contributed by atoms with Gasteiger partial charge in [-0.2, -0.15) is 0 Å². The van der Waals surface area contributed by atoms with Gasteiger partial charge >= 0.3 is 0 Å². The quantitative estimate of drug-likeness (QED) is 0.859. The van der Waals surface area contributed by atoms with Gasteiger partial charge in [0.15, 0.2) is 9.84 Å². The first-order valence-electron chi connectivity index (χ1n) is 7.22. The first kappa shape index (κ1) is 16.0. The molecule has 2 rings (SSSR count). The summed E-state index contributed by atoms with van der Waals surface area (Å²) in [7, 11) is -3.34. The summed E-state index contributed by atoms with van der Waals surface area (Å²) in [6.07, 6.45) is 3.41. The fraction of sp³-hybridized carbons (Fsp3) is 0.643. The van der Waals surface area contributed by atoms with Gasteiger partial charge in [-0.1, -0.05) is 0 Å². The normalized spacial score (nSPS) is 17.1. The summed E-state index contributed by atoms with van der Waals surface area (Å²) < 4.78 is 29.5. The molecule has 0 spiro atoms. The minimum atomic E-state index is -3.34. The Balaban J connectivity index is 2.05. The van der Waals surface area contributed by atoms with Crippen LogP contribution in [0.2, 0.25) is 0 Å². The van der Waals surface area contributed by atoms with E-state index in [1.54, 1.807) is 13.8 Å². The predicted molar refractivity (Wildman–Crippen MR) is 83.0 cm³/mol. The van der Waals surface area contributed by atoms with Crippen LogP contribution < -0.4 is 11.1 Å². The number of rotatable bonds is 5. The molecule has 21 heavy (non-hydrogen) atoms. The molecular formula is C14H23N3O3S. The second-order valence-corrected chi connectivity index (χ2v) is 8.14. The van der Waals surface area contributed by atoms with Crippen molar-refractivity contribution >= 4 is 21.3 Å². The van der Waals surface area contributed by atoms with Crippen molar-refractivity contribution < 1.29 is 13.2 Å². The lowest BCUT2D eigenvalue weighted by Crippen LogP contribution is -2.23. The SMILES string of the molecule is CC(C)S(=O)(=O)c1cnc(NCC2CCOCC2)c(N)c1. The minimum Gasteiger partial charge on any atom is -0.396 e. The van der Waals surface area contributed by atoms with Gasteiger partial charge in [0, 0.05) is 26.0 Å². The molecule has 118 valence electrons. The van der Waals surface area contributed by atoms with E-state index in [0.29, 0.717) is 17.4 Å². The number of nitrogens with one attached hydrogen (secondary N) is 1. The molecule has 1 saturated heterocycles. The molecule has 1 aromatic heterocycles. The van der Waals surface area contributed by atoms with Gasteiger partial charge in [-0.25, -0.2) is 13.4 Å². The molecule has 1 fully saturated rings. The third kappa shape index (κ3) is 3.85. The Morgan fingerprint density at radius 3 is 2.67 bits per heavy atom. The van der Waals surface area contributed by atoms with Crippen molar-refractivity contribution in [3.05, 3.63) is 12.3 Å². The lowest BCUT2D eigenvalue weighted by atomic mass is 10.0. The van der Waals surface area contributed by atoms with E-state index in [1.165, 1.54) is 12.3 Å². The smallest absolute Gasteiger partial charge is 0.182 e. The van der Waals surface area contributed by atoms with E-state index in [2.05, 4.69) is 10.3 Å². The standard InChI is InChI=1S/C14H23N3O3S/c1-10(2)21(18,19)12-7-13(15)14(17-9-12)16-8-11-3-5-20-6-4-11/h7,9-11H,3-6,8,15H2,1-2H3,(H,16,17). The van der Waals surface area contributed by atoms with E-state index in [-0.39, 0.29) is 4.90 Å². The number of ether oxygens (including phenoxy) is 1. The van der Waals surface area contributed by atoms with Crippen LogP contribution in [0.25, 0.3) is 0 Å². The number of sulfone groups is 1. The van der Waals surface area contributed by atoms with Crippen LogP contribution in [0.1, 0.15) is 26.7 Å². The molecule has 7 heteroatoms. The van der Waals surface area contributed by atoms with Gasteiger partial charge in [0.2, 0.25) is 0 Å². The van der Waals surface area contributed by atoms with Crippen molar-refractivity contribution in [2.45, 2.75) is 36.8 Å². The lowest BCUT2D eigenvalue weighted by molar-refractivity contribution is 0.0699. The number of nitrogens with two attached hydrogens (primary N) is 1. The van der Waals surface area contributed by atoms with Gasteiger partial charge in [-0.05, 0) is 38.7 Å². The monoisotopic (exact) mass is 313 g/mol. The molecule has 0 atom stereocenters. The third-order valence-electron chi connectivity index (χ3n) is 3.74. The number of nitrogen functional groups attached to an aromatic ring is 1. The topological polar surface area (TPSA) is 94.3 Å². The lowest BCUT2D eigenvalue weighted by Gasteiger charge is -2.22. The molecule has 0 bridgehead atoms. The van der Waals surface area contributed by atoms with Crippen molar-refractivity contribution in [2.24, 2.45) is 5.92 Å².